The molecule has 1 aliphatic rings. The summed E-state index contributed by atoms with van der Waals surface area (Å²) < 4.78 is 0. The number of hydrogen-bond acceptors (Lipinski definition) is 3. The van der Waals surface area contributed by atoms with Gasteiger partial charge in [-0.15, -0.1) is 0 Å². The fourth-order valence-electron chi connectivity index (χ4n) is 3.82. The lowest BCUT2D eigenvalue weighted by Crippen LogP contribution is -2.31. The van der Waals surface area contributed by atoms with Gasteiger partial charge in [0.2, 0.25) is 5.91 Å². The average molecular weight is 380 g/mol. The Balaban J connectivity index is 1.48. The predicted octanol–water partition coefficient (Wildman–Crippen LogP) is 4.20. The zero-order chi connectivity index (χ0) is 18.6. The number of aromatic nitrogens is 2. The molecule has 140 valence electrons. The molecule has 0 radical (unpaired) electrons. The van der Waals surface area contributed by atoms with Gasteiger partial charge in [0, 0.05) is 0 Å². The molecule has 0 saturated heterocycles. The van der Waals surface area contributed by atoms with Crippen LogP contribution in [0.25, 0.3) is 11.0 Å². The zero-order valence-corrected chi connectivity index (χ0v) is 16.4. The Labute approximate surface area is 164 Å². The molecule has 2 N–H and O–H groups in total. The lowest BCUT2D eigenvalue weighted by atomic mass is 10.0. The average Bonchev–Trinajstić information content (AvgIpc) is 3.31. The maximum Gasteiger partial charge on any atom is 0.225 e. The highest BCUT2D eigenvalue weighted by Gasteiger charge is 2.19. The third kappa shape index (κ3) is 4.19. The maximum absolute atomic E-state index is 12.7. The number of fused-ring (bicyclic) bond motifs is 2. The Morgan fingerprint density at radius 2 is 2.07 bits per heavy atom. The number of H-pyrrole nitrogens is 1. The molecule has 5 heteroatoms. The number of imidazole rings is 1. The van der Waals surface area contributed by atoms with Crippen LogP contribution in [0.4, 0.5) is 0 Å². The van der Waals surface area contributed by atoms with E-state index >= 15 is 0 Å². The molecule has 4 nitrogen and oxygen atoms in total. The molecule has 1 aliphatic carbocycles. The van der Waals surface area contributed by atoms with E-state index in [0.29, 0.717) is 6.42 Å². The minimum atomic E-state index is -0.0909. The van der Waals surface area contributed by atoms with Crippen molar-refractivity contribution in [3.8, 4) is 0 Å². The second kappa shape index (κ2) is 8.17. The van der Waals surface area contributed by atoms with Gasteiger partial charge in [0.05, 0.1) is 23.5 Å². The maximum atomic E-state index is 12.7. The number of aryl methyl sites for hydroxylation is 2. The van der Waals surface area contributed by atoms with E-state index in [2.05, 4.69) is 34.8 Å². The van der Waals surface area contributed by atoms with Gasteiger partial charge in [0.1, 0.15) is 5.82 Å². The first-order valence-corrected chi connectivity index (χ1v) is 11.0. The number of benzene rings is 2. The van der Waals surface area contributed by atoms with Gasteiger partial charge in [0.15, 0.2) is 0 Å². The third-order valence-corrected chi connectivity index (χ3v) is 5.86. The molecule has 0 aliphatic heterocycles. The summed E-state index contributed by atoms with van der Waals surface area (Å²) in [5.74, 6) is 1.87. The third-order valence-electron chi connectivity index (χ3n) is 5.21. The van der Waals surface area contributed by atoms with Crippen molar-refractivity contribution in [1.29, 1.82) is 0 Å². The molecule has 0 unspecified atom stereocenters. The van der Waals surface area contributed by atoms with Crippen LogP contribution in [0, 0.1) is 0 Å². The summed E-state index contributed by atoms with van der Waals surface area (Å²) >= 11 is 1.78. The van der Waals surface area contributed by atoms with Crippen molar-refractivity contribution < 1.29 is 4.79 Å². The van der Waals surface area contributed by atoms with E-state index < -0.39 is 0 Å². The van der Waals surface area contributed by atoms with Crippen LogP contribution in [-0.4, -0.2) is 27.9 Å². The van der Waals surface area contributed by atoms with Crippen LogP contribution < -0.4 is 5.32 Å². The quantitative estimate of drug-likeness (QED) is 0.647. The summed E-state index contributed by atoms with van der Waals surface area (Å²) in [5, 5.41) is 3.20. The molecular weight excluding hydrogens is 354 g/mol. The molecule has 1 aromatic heterocycles. The van der Waals surface area contributed by atoms with Gasteiger partial charge in [-0.2, -0.15) is 11.8 Å². The number of nitrogens with one attached hydrogen (secondary N) is 2. The number of aromatic amines is 1. The van der Waals surface area contributed by atoms with E-state index in [1.165, 1.54) is 24.0 Å². The number of carbonyl (C=O) groups is 1. The molecule has 1 amide bonds. The highest BCUT2D eigenvalue weighted by atomic mass is 32.2. The highest BCUT2D eigenvalue weighted by Crippen LogP contribution is 2.24. The Bertz CT molecular complexity index is 917. The van der Waals surface area contributed by atoms with Crippen LogP contribution in [0.3, 0.4) is 0 Å². The summed E-state index contributed by atoms with van der Waals surface area (Å²) in [6, 6.07) is 14.4. The van der Waals surface area contributed by atoms with E-state index in [9.17, 15) is 4.79 Å². The van der Waals surface area contributed by atoms with Crippen LogP contribution in [0.15, 0.2) is 42.5 Å². The molecule has 0 spiro atoms. The smallest absolute Gasteiger partial charge is 0.225 e. The Morgan fingerprint density at radius 1 is 1.22 bits per heavy atom. The van der Waals surface area contributed by atoms with Gasteiger partial charge in [-0.3, -0.25) is 4.79 Å². The number of amides is 1. The van der Waals surface area contributed by atoms with Crippen LogP contribution in [-0.2, 0) is 24.1 Å². The molecule has 0 bridgehead atoms. The fraction of sp³-hybridized carbons (Fsp3) is 0.364. The number of hydrogen-bond donors (Lipinski definition) is 2. The van der Waals surface area contributed by atoms with E-state index in [4.69, 9.17) is 4.98 Å². The van der Waals surface area contributed by atoms with Crippen molar-refractivity contribution in [2.75, 3.05) is 12.0 Å². The second-order valence-corrected chi connectivity index (χ2v) is 8.16. The van der Waals surface area contributed by atoms with Gasteiger partial charge >= 0.3 is 0 Å². The summed E-state index contributed by atoms with van der Waals surface area (Å²) in [5.41, 5.74) is 5.90. The Morgan fingerprint density at radius 3 is 2.93 bits per heavy atom. The zero-order valence-electron chi connectivity index (χ0n) is 15.6. The Hall–Kier alpha value is -2.27. The summed E-state index contributed by atoms with van der Waals surface area (Å²) in [7, 11) is 0. The van der Waals surface area contributed by atoms with Gasteiger partial charge in [-0.1, -0.05) is 30.3 Å². The van der Waals surface area contributed by atoms with Crippen molar-refractivity contribution >= 4 is 28.7 Å². The van der Waals surface area contributed by atoms with Crippen LogP contribution in [0.2, 0.25) is 0 Å². The largest absolute Gasteiger partial charge is 0.346 e. The standard InChI is InChI=1S/C22H25N3OS/c1-27-12-11-20(22-24-18-7-2-3-8-19(18)25-22)23-21(26)14-15-9-10-16-5-4-6-17(16)13-15/h2-3,7-10,13,20H,4-6,11-12,14H2,1H3,(H,23,26)(H,24,25)/t20-/m0/s1. The second-order valence-electron chi connectivity index (χ2n) is 7.17. The molecular formula is C22H25N3OS. The van der Waals surface area contributed by atoms with Gasteiger partial charge in [-0.25, -0.2) is 4.98 Å². The highest BCUT2D eigenvalue weighted by molar-refractivity contribution is 7.98. The van der Waals surface area contributed by atoms with Crippen molar-refractivity contribution in [3.63, 3.8) is 0 Å². The molecule has 3 aromatic rings. The number of rotatable bonds is 7. The monoisotopic (exact) mass is 379 g/mol. The van der Waals surface area contributed by atoms with Crippen LogP contribution in [0.1, 0.15) is 41.4 Å². The molecule has 0 saturated carbocycles. The van der Waals surface area contributed by atoms with E-state index in [1.54, 1.807) is 11.8 Å². The first-order chi connectivity index (χ1) is 13.2. The van der Waals surface area contributed by atoms with E-state index in [-0.39, 0.29) is 11.9 Å². The summed E-state index contributed by atoms with van der Waals surface area (Å²) in [6.45, 7) is 0. The van der Waals surface area contributed by atoms with Crippen molar-refractivity contribution in [1.82, 2.24) is 15.3 Å². The number of carbonyl (C=O) groups excluding carboxylic acids is 1. The van der Waals surface area contributed by atoms with Crippen molar-refractivity contribution in [3.05, 3.63) is 65.0 Å². The molecule has 0 fully saturated rings. The van der Waals surface area contributed by atoms with E-state index in [0.717, 1.165) is 41.0 Å². The number of para-hydroxylation sites is 2. The van der Waals surface area contributed by atoms with Crippen molar-refractivity contribution in [2.45, 2.75) is 38.1 Å². The van der Waals surface area contributed by atoms with Crippen LogP contribution >= 0.6 is 11.8 Å². The van der Waals surface area contributed by atoms with Crippen molar-refractivity contribution in [2.24, 2.45) is 0 Å². The van der Waals surface area contributed by atoms with Crippen LogP contribution in [0.5, 0.6) is 0 Å². The molecule has 4 rings (SSSR count). The van der Waals surface area contributed by atoms with Gasteiger partial charge in [-0.05, 0) is 66.5 Å². The Kier molecular flexibility index (Phi) is 5.48. The molecule has 27 heavy (non-hydrogen) atoms. The minimum Gasteiger partial charge on any atom is -0.346 e. The number of nitrogens with zero attached hydrogens (tertiary/aromatic N) is 1. The first-order valence-electron chi connectivity index (χ1n) is 9.56. The lowest BCUT2D eigenvalue weighted by molar-refractivity contribution is -0.121. The van der Waals surface area contributed by atoms with Gasteiger partial charge < -0.3 is 10.3 Å². The molecule has 1 atom stereocenters. The summed E-state index contributed by atoms with van der Waals surface area (Å²) in [6.07, 6.45) is 6.90. The summed E-state index contributed by atoms with van der Waals surface area (Å²) in [4.78, 5) is 20.8. The van der Waals surface area contributed by atoms with Gasteiger partial charge in [0.25, 0.3) is 0 Å². The number of thioether (sulfide) groups is 1. The minimum absolute atomic E-state index is 0.0551. The topological polar surface area (TPSA) is 57.8 Å². The fourth-order valence-corrected chi connectivity index (χ4v) is 4.29. The SMILES string of the molecule is CSCC[C@H](NC(=O)Cc1ccc2c(c1)CCC2)c1nc2ccccc2[nH]1. The normalized spacial score (nSPS) is 14.3. The lowest BCUT2D eigenvalue weighted by Gasteiger charge is -2.16. The molecule has 1 heterocycles. The molecule has 2 aromatic carbocycles. The predicted molar refractivity (Wildman–Crippen MR) is 112 cm³/mol. The first kappa shape index (κ1) is 18.1. The van der Waals surface area contributed by atoms with E-state index in [1.807, 2.05) is 24.3 Å².